The quantitative estimate of drug-likeness (QED) is 0.0885. The first kappa shape index (κ1) is 46.8. The van der Waals surface area contributed by atoms with Crippen LogP contribution in [0.3, 0.4) is 0 Å². The van der Waals surface area contributed by atoms with Gasteiger partial charge in [-0.05, 0) is 98.5 Å². The fraction of sp³-hybridized carbons (Fsp3) is 0.480. The summed E-state index contributed by atoms with van der Waals surface area (Å²) >= 11 is 0. The van der Waals surface area contributed by atoms with E-state index in [2.05, 4.69) is 64.8 Å². The fourth-order valence-electron chi connectivity index (χ4n) is 6.60. The molecule has 5 heteroatoms. The highest BCUT2D eigenvalue weighted by Gasteiger charge is 2.17. The van der Waals surface area contributed by atoms with Crippen LogP contribution in [0.2, 0.25) is 0 Å². The number of amidine groups is 1. The monoisotopic (exact) mass is 748 g/mol. The molecule has 0 aliphatic rings. The molecule has 300 valence electrons. The van der Waals surface area contributed by atoms with E-state index in [0.717, 1.165) is 45.5 Å². The number of hydrogen-bond donors (Lipinski definition) is 2. The summed E-state index contributed by atoms with van der Waals surface area (Å²) in [6.45, 7) is 28.1. The van der Waals surface area contributed by atoms with Crippen molar-refractivity contribution >= 4 is 17.2 Å². The number of rotatable bonds is 16. The van der Waals surface area contributed by atoms with Crippen LogP contribution in [0.15, 0.2) is 89.5 Å². The molecule has 0 radical (unpaired) electrons. The Morgan fingerprint density at radius 2 is 1.13 bits per heavy atom. The summed E-state index contributed by atoms with van der Waals surface area (Å²) in [5.41, 5.74) is 7.79. The highest BCUT2D eigenvalue weighted by molar-refractivity contribution is 6.13. The van der Waals surface area contributed by atoms with Crippen molar-refractivity contribution in [2.24, 2.45) is 21.8 Å². The van der Waals surface area contributed by atoms with Gasteiger partial charge in [-0.25, -0.2) is 9.98 Å². The number of aliphatic imine (C=N–C) groups is 2. The number of aromatic nitrogens is 1. The Morgan fingerprint density at radius 3 is 1.62 bits per heavy atom. The Hall–Kier alpha value is -4.38. The second kappa shape index (κ2) is 24.9. The highest BCUT2D eigenvalue weighted by atomic mass is 16.3. The van der Waals surface area contributed by atoms with Gasteiger partial charge >= 0.3 is 0 Å². The lowest BCUT2D eigenvalue weighted by Crippen LogP contribution is -2.11. The van der Waals surface area contributed by atoms with Gasteiger partial charge in [0.15, 0.2) is 5.84 Å². The SMILES string of the molecule is C=C(N=C(N=C(C)c1cccn1Cc1ccccc1)c1ccc(C)c(C)c1O)c1ccc(C)c(C)c1O.CCCCC(CC)CC.CCCCC(CC)CC. The van der Waals surface area contributed by atoms with Crippen molar-refractivity contribution in [3.63, 3.8) is 0 Å². The smallest absolute Gasteiger partial charge is 0.163 e. The maximum Gasteiger partial charge on any atom is 0.163 e. The van der Waals surface area contributed by atoms with Gasteiger partial charge in [-0.3, -0.25) is 0 Å². The van der Waals surface area contributed by atoms with Gasteiger partial charge in [0.1, 0.15) is 11.5 Å². The van der Waals surface area contributed by atoms with Crippen molar-refractivity contribution in [2.75, 3.05) is 0 Å². The molecule has 0 bridgehead atoms. The Balaban J connectivity index is 0.000000480. The van der Waals surface area contributed by atoms with Crippen molar-refractivity contribution in [2.45, 2.75) is 147 Å². The van der Waals surface area contributed by atoms with Crippen LogP contribution in [0.25, 0.3) is 5.70 Å². The molecule has 1 heterocycles. The summed E-state index contributed by atoms with van der Waals surface area (Å²) in [5.74, 6) is 2.62. The molecule has 0 amide bonds. The summed E-state index contributed by atoms with van der Waals surface area (Å²) in [5, 5.41) is 21.8. The van der Waals surface area contributed by atoms with Gasteiger partial charge in [0, 0.05) is 18.3 Å². The van der Waals surface area contributed by atoms with E-state index in [1.54, 1.807) is 0 Å². The number of aromatic hydroxyl groups is 2. The number of hydrogen-bond acceptors (Lipinski definition) is 3. The van der Waals surface area contributed by atoms with Crippen LogP contribution < -0.4 is 0 Å². The van der Waals surface area contributed by atoms with Crippen molar-refractivity contribution in [1.29, 1.82) is 0 Å². The zero-order chi connectivity index (χ0) is 40.9. The average Bonchev–Trinajstić information content (AvgIpc) is 3.66. The van der Waals surface area contributed by atoms with Crippen molar-refractivity contribution in [3.05, 3.63) is 124 Å². The molecule has 55 heavy (non-hydrogen) atoms. The number of nitrogens with zero attached hydrogens (tertiary/aromatic N) is 3. The van der Waals surface area contributed by atoms with Crippen molar-refractivity contribution in [1.82, 2.24) is 4.57 Å². The predicted molar refractivity (Wildman–Crippen MR) is 240 cm³/mol. The lowest BCUT2D eigenvalue weighted by molar-refractivity contribution is 0.438. The maximum atomic E-state index is 11.0. The van der Waals surface area contributed by atoms with Crippen LogP contribution >= 0.6 is 0 Å². The lowest BCUT2D eigenvalue weighted by atomic mass is 9.97. The second-order valence-corrected chi connectivity index (χ2v) is 15.0. The van der Waals surface area contributed by atoms with Crippen LogP contribution in [-0.4, -0.2) is 26.3 Å². The first-order chi connectivity index (χ1) is 26.4. The number of phenols is 2. The maximum absolute atomic E-state index is 11.0. The largest absolute Gasteiger partial charge is 0.507 e. The molecule has 1 aromatic heterocycles. The Labute approximate surface area is 335 Å². The van der Waals surface area contributed by atoms with Crippen LogP contribution in [0.1, 0.15) is 157 Å². The van der Waals surface area contributed by atoms with Crippen molar-refractivity contribution in [3.8, 4) is 11.5 Å². The topological polar surface area (TPSA) is 70.1 Å². The molecule has 4 aromatic rings. The van der Waals surface area contributed by atoms with Gasteiger partial charge in [0.25, 0.3) is 0 Å². The third kappa shape index (κ3) is 14.7. The summed E-state index contributed by atoms with van der Waals surface area (Å²) in [6, 6.07) is 21.8. The molecule has 0 atom stereocenters. The van der Waals surface area contributed by atoms with Gasteiger partial charge in [0.05, 0.1) is 22.7 Å². The zero-order valence-electron chi connectivity index (χ0n) is 36.3. The highest BCUT2D eigenvalue weighted by Crippen LogP contribution is 2.32. The molecule has 0 fully saturated rings. The van der Waals surface area contributed by atoms with Gasteiger partial charge in [-0.2, -0.15) is 0 Å². The standard InChI is InChI=1S/C32H33N3O2.2C9H20/c1-20-14-16-27(30(36)22(20)3)24(5)33-32(28-17-15-21(2)23(4)31(28)37)34-25(6)29-13-10-18-35(29)19-26-11-8-7-9-12-26;2*1-4-7-8-9(5-2)6-3/h7-18,36-37H,5,19H2,1-4,6H3;2*9H,4-8H2,1-3H3. The van der Waals surface area contributed by atoms with Gasteiger partial charge in [0.2, 0.25) is 0 Å². The number of unbranched alkanes of at least 4 members (excludes halogenated alkanes) is 2. The molecule has 0 spiro atoms. The molecule has 0 saturated carbocycles. The van der Waals surface area contributed by atoms with Crippen molar-refractivity contribution < 1.29 is 10.2 Å². The third-order valence-corrected chi connectivity index (χ3v) is 11.1. The van der Waals surface area contributed by atoms with E-state index < -0.39 is 0 Å². The first-order valence-electron chi connectivity index (χ1n) is 21.0. The normalized spacial score (nSPS) is 11.7. The van der Waals surface area contributed by atoms with E-state index in [0.29, 0.717) is 29.2 Å². The molecule has 0 aliphatic heterocycles. The van der Waals surface area contributed by atoms with E-state index >= 15 is 0 Å². The summed E-state index contributed by atoms with van der Waals surface area (Å²) < 4.78 is 2.13. The molecule has 0 unspecified atom stereocenters. The molecule has 3 aromatic carbocycles. The van der Waals surface area contributed by atoms with E-state index in [9.17, 15) is 10.2 Å². The van der Waals surface area contributed by atoms with Gasteiger partial charge < -0.3 is 14.8 Å². The Kier molecular flexibility index (Phi) is 21.2. The summed E-state index contributed by atoms with van der Waals surface area (Å²) in [6.07, 6.45) is 16.0. The average molecular weight is 748 g/mol. The predicted octanol–water partition coefficient (Wildman–Crippen LogP) is 14.3. The number of benzene rings is 3. The van der Waals surface area contributed by atoms with Gasteiger partial charge in [-0.1, -0.05) is 155 Å². The summed E-state index contributed by atoms with van der Waals surface area (Å²) in [7, 11) is 0. The molecule has 2 N–H and O–H groups in total. The molecular formula is C50H73N3O2. The van der Waals surface area contributed by atoms with Crippen LogP contribution in [0, 0.1) is 39.5 Å². The minimum absolute atomic E-state index is 0.132. The third-order valence-electron chi connectivity index (χ3n) is 11.1. The van der Waals surface area contributed by atoms with E-state index in [1.807, 2.05) is 95.4 Å². The minimum Gasteiger partial charge on any atom is -0.507 e. The Morgan fingerprint density at radius 1 is 0.636 bits per heavy atom. The van der Waals surface area contributed by atoms with E-state index in [1.165, 1.54) is 69.8 Å². The van der Waals surface area contributed by atoms with Crippen LogP contribution in [0.5, 0.6) is 11.5 Å². The second-order valence-electron chi connectivity index (χ2n) is 15.0. The van der Waals surface area contributed by atoms with Crippen LogP contribution in [-0.2, 0) is 6.54 Å². The molecular weight excluding hydrogens is 675 g/mol. The minimum atomic E-state index is 0.132. The number of aryl methyl sites for hydroxylation is 2. The van der Waals surface area contributed by atoms with Gasteiger partial charge in [-0.15, -0.1) is 0 Å². The molecule has 5 nitrogen and oxygen atoms in total. The summed E-state index contributed by atoms with van der Waals surface area (Å²) in [4.78, 5) is 9.65. The molecule has 0 saturated heterocycles. The Bertz CT molecular complexity index is 1770. The van der Waals surface area contributed by atoms with E-state index in [-0.39, 0.29) is 11.5 Å². The molecule has 0 aliphatic carbocycles. The van der Waals surface area contributed by atoms with Crippen LogP contribution in [0.4, 0.5) is 0 Å². The lowest BCUT2D eigenvalue weighted by Gasteiger charge is -2.14. The molecule has 4 rings (SSSR count). The number of phenolic OH excluding ortho intramolecular Hbond substituents is 2. The van der Waals surface area contributed by atoms with E-state index in [4.69, 9.17) is 9.98 Å². The zero-order valence-corrected chi connectivity index (χ0v) is 36.3. The fourth-order valence-corrected chi connectivity index (χ4v) is 6.60. The first-order valence-corrected chi connectivity index (χ1v) is 21.0.